The first-order valence-electron chi connectivity index (χ1n) is 9.21. The summed E-state index contributed by atoms with van der Waals surface area (Å²) < 4.78 is 3.09. The Morgan fingerprint density at radius 1 is 1.37 bits per heavy atom. The van der Waals surface area contributed by atoms with Gasteiger partial charge in [-0.05, 0) is 30.9 Å². The van der Waals surface area contributed by atoms with Crippen molar-refractivity contribution >= 4 is 45.1 Å². The zero-order chi connectivity index (χ0) is 19.2. The molecule has 0 bridgehead atoms. The SMILES string of the molecule is C=CCn1c(=NC(=O)CSCC(=O)N2CCC[C@@H](C)C2)sc2ccccc21. The predicted octanol–water partition coefficient (Wildman–Crippen LogP) is 3.31. The smallest absolute Gasteiger partial charge is 0.258 e. The molecule has 3 rings (SSSR count). The molecule has 1 saturated heterocycles. The molecule has 0 spiro atoms. The third-order valence-corrected chi connectivity index (χ3v) is 6.54. The molecule has 1 fully saturated rings. The van der Waals surface area contributed by atoms with Crippen LogP contribution in [0.4, 0.5) is 0 Å². The molecule has 0 N–H and O–H groups in total. The number of thiazole rings is 1. The fourth-order valence-corrected chi connectivity index (χ4v) is 5.04. The summed E-state index contributed by atoms with van der Waals surface area (Å²) in [7, 11) is 0. The maximum atomic E-state index is 12.3. The number of aromatic nitrogens is 1. The highest BCUT2D eigenvalue weighted by molar-refractivity contribution is 8.00. The first kappa shape index (κ1) is 19.9. The Morgan fingerprint density at radius 2 is 2.19 bits per heavy atom. The second-order valence-corrected chi connectivity index (χ2v) is 8.83. The van der Waals surface area contributed by atoms with E-state index in [1.807, 2.05) is 33.7 Å². The average Bonchev–Trinajstić information content (AvgIpc) is 2.99. The summed E-state index contributed by atoms with van der Waals surface area (Å²) >= 11 is 2.85. The van der Waals surface area contributed by atoms with Gasteiger partial charge in [-0.15, -0.1) is 18.3 Å². The van der Waals surface area contributed by atoms with Gasteiger partial charge in [-0.25, -0.2) is 0 Å². The third-order valence-electron chi connectivity index (χ3n) is 4.58. The highest BCUT2D eigenvalue weighted by Gasteiger charge is 2.20. The van der Waals surface area contributed by atoms with E-state index in [1.54, 1.807) is 6.08 Å². The molecule has 7 heteroatoms. The minimum absolute atomic E-state index is 0.128. The zero-order valence-electron chi connectivity index (χ0n) is 15.6. The Kier molecular flexibility index (Phi) is 6.90. The summed E-state index contributed by atoms with van der Waals surface area (Å²) in [6, 6.07) is 8.00. The van der Waals surface area contributed by atoms with Gasteiger partial charge >= 0.3 is 0 Å². The van der Waals surface area contributed by atoms with Crippen LogP contribution in [0.15, 0.2) is 41.9 Å². The van der Waals surface area contributed by atoms with E-state index in [9.17, 15) is 9.59 Å². The fourth-order valence-electron chi connectivity index (χ4n) is 3.28. The van der Waals surface area contributed by atoms with E-state index in [-0.39, 0.29) is 17.6 Å². The Labute approximate surface area is 167 Å². The molecule has 144 valence electrons. The van der Waals surface area contributed by atoms with E-state index in [2.05, 4.69) is 18.5 Å². The number of carbonyl (C=O) groups is 2. The van der Waals surface area contributed by atoms with Crippen molar-refractivity contribution in [1.82, 2.24) is 9.47 Å². The van der Waals surface area contributed by atoms with Crippen molar-refractivity contribution in [2.24, 2.45) is 10.9 Å². The van der Waals surface area contributed by atoms with Crippen LogP contribution in [0, 0.1) is 5.92 Å². The maximum absolute atomic E-state index is 12.3. The second kappa shape index (κ2) is 9.37. The van der Waals surface area contributed by atoms with Crippen LogP contribution in [0.1, 0.15) is 19.8 Å². The fraction of sp³-hybridized carbons (Fsp3) is 0.450. The van der Waals surface area contributed by atoms with Gasteiger partial charge < -0.3 is 9.47 Å². The number of allylic oxidation sites excluding steroid dienone is 1. The molecule has 1 aromatic heterocycles. The summed E-state index contributed by atoms with van der Waals surface area (Å²) in [6.45, 7) is 8.25. The number of likely N-dealkylation sites (tertiary alicyclic amines) is 1. The van der Waals surface area contributed by atoms with Crippen LogP contribution in [0.3, 0.4) is 0 Å². The van der Waals surface area contributed by atoms with Gasteiger partial charge in [-0.2, -0.15) is 4.99 Å². The van der Waals surface area contributed by atoms with Crippen molar-refractivity contribution in [2.45, 2.75) is 26.3 Å². The van der Waals surface area contributed by atoms with Gasteiger partial charge in [0.1, 0.15) is 0 Å². The van der Waals surface area contributed by atoms with Crippen molar-refractivity contribution in [3.05, 3.63) is 41.7 Å². The zero-order valence-corrected chi connectivity index (χ0v) is 17.2. The van der Waals surface area contributed by atoms with Crippen molar-refractivity contribution in [3.8, 4) is 0 Å². The number of fused-ring (bicyclic) bond motifs is 1. The normalized spacial score (nSPS) is 18.0. The summed E-state index contributed by atoms with van der Waals surface area (Å²) in [5, 5.41) is 0. The highest BCUT2D eigenvalue weighted by atomic mass is 32.2. The summed E-state index contributed by atoms with van der Waals surface area (Å²) in [6.07, 6.45) is 4.06. The standard InChI is InChI=1S/C20H25N3O2S2/c1-3-10-23-16-8-4-5-9-17(16)27-20(23)21-18(24)13-26-14-19(25)22-11-6-7-15(2)12-22/h3-5,8-9,15H,1,6-7,10-14H2,2H3/t15-/m1/s1. The number of thioether (sulfide) groups is 1. The van der Waals surface area contributed by atoms with Crippen molar-refractivity contribution in [3.63, 3.8) is 0 Å². The molecule has 1 aromatic carbocycles. The lowest BCUT2D eigenvalue weighted by molar-refractivity contribution is -0.130. The molecule has 0 saturated carbocycles. The number of hydrogen-bond donors (Lipinski definition) is 0. The third kappa shape index (κ3) is 5.11. The molecule has 2 aromatic rings. The first-order valence-corrected chi connectivity index (χ1v) is 11.2. The topological polar surface area (TPSA) is 54.7 Å². The van der Waals surface area contributed by atoms with Gasteiger partial charge in [-0.1, -0.05) is 36.5 Å². The van der Waals surface area contributed by atoms with Crippen LogP contribution in [0.5, 0.6) is 0 Å². The van der Waals surface area contributed by atoms with E-state index in [1.165, 1.54) is 29.5 Å². The minimum Gasteiger partial charge on any atom is -0.342 e. The predicted molar refractivity (Wildman–Crippen MR) is 113 cm³/mol. The lowest BCUT2D eigenvalue weighted by Gasteiger charge is -2.30. The van der Waals surface area contributed by atoms with Crippen LogP contribution < -0.4 is 4.80 Å². The van der Waals surface area contributed by atoms with E-state index < -0.39 is 0 Å². The largest absolute Gasteiger partial charge is 0.342 e. The Hall–Kier alpha value is -1.86. The summed E-state index contributed by atoms with van der Waals surface area (Å²) in [4.78, 5) is 31.5. The Bertz CT molecular complexity index is 900. The number of rotatable bonds is 6. The lowest BCUT2D eigenvalue weighted by Crippen LogP contribution is -2.40. The van der Waals surface area contributed by atoms with E-state index >= 15 is 0 Å². The molecule has 27 heavy (non-hydrogen) atoms. The molecule has 1 atom stereocenters. The molecular weight excluding hydrogens is 378 g/mol. The molecule has 2 heterocycles. The maximum Gasteiger partial charge on any atom is 0.258 e. The monoisotopic (exact) mass is 403 g/mol. The number of nitrogens with zero attached hydrogens (tertiary/aromatic N) is 3. The number of amides is 2. The van der Waals surface area contributed by atoms with Gasteiger partial charge in [0.2, 0.25) is 5.91 Å². The second-order valence-electron chi connectivity index (χ2n) is 6.84. The molecule has 1 aliphatic heterocycles. The number of benzene rings is 1. The Balaban J connectivity index is 1.62. The van der Waals surface area contributed by atoms with Crippen molar-refractivity contribution in [1.29, 1.82) is 0 Å². The minimum atomic E-state index is -0.204. The summed E-state index contributed by atoms with van der Waals surface area (Å²) in [5.41, 5.74) is 1.05. The molecule has 5 nitrogen and oxygen atoms in total. The van der Waals surface area contributed by atoms with Crippen LogP contribution in [-0.2, 0) is 16.1 Å². The number of piperidine rings is 1. The molecule has 0 aliphatic carbocycles. The van der Waals surface area contributed by atoms with Crippen LogP contribution in [0.25, 0.3) is 10.2 Å². The number of hydrogen-bond acceptors (Lipinski definition) is 4. The first-order chi connectivity index (χ1) is 13.1. The molecule has 2 amide bonds. The Morgan fingerprint density at radius 3 is 2.96 bits per heavy atom. The van der Waals surface area contributed by atoms with E-state index in [0.717, 1.165) is 29.7 Å². The van der Waals surface area contributed by atoms with Gasteiger partial charge in [0.25, 0.3) is 5.91 Å². The molecule has 1 aliphatic rings. The quantitative estimate of drug-likeness (QED) is 0.696. The molecule has 0 unspecified atom stereocenters. The van der Waals surface area contributed by atoms with Crippen LogP contribution >= 0.6 is 23.1 Å². The van der Waals surface area contributed by atoms with Gasteiger partial charge in [0.05, 0.1) is 21.7 Å². The van der Waals surface area contributed by atoms with Gasteiger partial charge in [0, 0.05) is 19.6 Å². The highest BCUT2D eigenvalue weighted by Crippen LogP contribution is 2.18. The summed E-state index contributed by atoms with van der Waals surface area (Å²) in [5.74, 6) is 1.05. The van der Waals surface area contributed by atoms with E-state index in [0.29, 0.717) is 23.0 Å². The van der Waals surface area contributed by atoms with Gasteiger partial charge in [-0.3, -0.25) is 9.59 Å². The molecular formula is C20H25N3O2S2. The van der Waals surface area contributed by atoms with Crippen LogP contribution in [-0.4, -0.2) is 45.9 Å². The number of carbonyl (C=O) groups excluding carboxylic acids is 2. The molecule has 0 radical (unpaired) electrons. The van der Waals surface area contributed by atoms with Crippen molar-refractivity contribution < 1.29 is 9.59 Å². The van der Waals surface area contributed by atoms with Crippen molar-refractivity contribution in [2.75, 3.05) is 24.6 Å². The number of para-hydroxylation sites is 1. The van der Waals surface area contributed by atoms with E-state index in [4.69, 9.17) is 0 Å². The van der Waals surface area contributed by atoms with Gasteiger partial charge in [0.15, 0.2) is 4.80 Å². The average molecular weight is 404 g/mol. The lowest BCUT2D eigenvalue weighted by atomic mass is 10.0. The van der Waals surface area contributed by atoms with Crippen LogP contribution in [0.2, 0.25) is 0 Å².